The van der Waals surface area contributed by atoms with E-state index < -0.39 is 45.5 Å². The Balaban J connectivity index is 0.000000362. The van der Waals surface area contributed by atoms with Crippen molar-refractivity contribution >= 4 is 47.6 Å². The van der Waals surface area contributed by atoms with Crippen LogP contribution >= 0.6 is 8.58 Å². The van der Waals surface area contributed by atoms with Gasteiger partial charge in [0, 0.05) is 27.0 Å². The van der Waals surface area contributed by atoms with Crippen LogP contribution in [0.5, 0.6) is 0 Å². The smallest absolute Gasteiger partial charge is 0.410 e. The van der Waals surface area contributed by atoms with Crippen LogP contribution < -0.4 is 18.9 Å². The molecule has 14 rings (SSSR count). The van der Waals surface area contributed by atoms with E-state index in [0.29, 0.717) is 69.0 Å². The topological polar surface area (TPSA) is 144 Å². The molecule has 14 aliphatic rings. The van der Waals surface area contributed by atoms with Gasteiger partial charge in [-0.2, -0.15) is 6.42 Å². The molecule has 0 radical (unpaired) electrons. The monoisotopic (exact) mass is 2070 g/mol. The third kappa shape index (κ3) is 35.3. The maximum atomic E-state index is 11.8. The molecule has 0 spiro atoms. The van der Waals surface area contributed by atoms with Crippen molar-refractivity contribution in [2.75, 3.05) is 26.5 Å². The summed E-state index contributed by atoms with van der Waals surface area (Å²) in [7, 11) is -6.53. The number of aliphatic hydroxyl groups excluding tert-OH is 4. The molecule has 0 aromatic rings. The summed E-state index contributed by atoms with van der Waals surface area (Å²) in [5.74, 6) is 7.22. The molecule has 16 heteroatoms. The Morgan fingerprint density at radius 1 is 0.413 bits per heavy atom. The Kier molecular flexibility index (Phi) is 53.9. The first-order valence-electron chi connectivity index (χ1n) is 58.9. The Hall–Kier alpha value is -1.40. The third-order valence-electron chi connectivity index (χ3n) is 40.4. The zero-order valence-electron chi connectivity index (χ0n) is 100. The number of carbonyl (C=O) groups excluding carboxylic acids is 1. The van der Waals surface area contributed by atoms with Crippen molar-refractivity contribution in [1.29, 1.82) is 0 Å². The molecule has 1 heterocycles. The van der Waals surface area contributed by atoms with E-state index in [0.717, 1.165) is 133 Å². The summed E-state index contributed by atoms with van der Waals surface area (Å²) in [6.45, 7) is 99.0. The molecule has 10 nitrogen and oxygen atoms in total. The van der Waals surface area contributed by atoms with Gasteiger partial charge in [0.1, 0.15) is 5.78 Å². The fourth-order valence-electron chi connectivity index (χ4n) is 27.1. The molecule has 13 saturated carbocycles. The first kappa shape index (κ1) is 132. The van der Waals surface area contributed by atoms with E-state index in [9.17, 15) is 25.2 Å². The van der Waals surface area contributed by atoms with Crippen LogP contribution in [0.15, 0.2) is 119 Å². The number of fused-ring (bicyclic) bond motifs is 5. The van der Waals surface area contributed by atoms with Gasteiger partial charge in [0.05, 0.1) is 48.8 Å². The average Bonchev–Trinajstić information content (AvgIpc) is 1.60. The van der Waals surface area contributed by atoms with Gasteiger partial charge in [-0.1, -0.05) is 326 Å². The number of rotatable bonds is 21. The normalized spacial score (nSPS) is 34.3. The molecule has 4 N–H and O–H groups in total. The molecule has 0 aromatic heterocycles. The van der Waals surface area contributed by atoms with Crippen LogP contribution in [0.1, 0.15) is 443 Å². The van der Waals surface area contributed by atoms with Crippen LogP contribution in [0, 0.1) is 87.3 Å². The Labute approximate surface area is 904 Å². The van der Waals surface area contributed by atoms with Crippen LogP contribution in [0.4, 0.5) is 0 Å². The van der Waals surface area contributed by atoms with Crippen molar-refractivity contribution in [3.8, 4) is 0 Å². The maximum Gasteiger partial charge on any atom is 1.00 e. The number of aliphatic hydroxyl groups is 4. The van der Waals surface area contributed by atoms with E-state index in [2.05, 4.69) is 295 Å². The third-order valence-corrected chi connectivity index (χ3v) is 58.3. The summed E-state index contributed by atoms with van der Waals surface area (Å²) in [5, 5.41) is 40.8. The molecule has 143 heavy (non-hydrogen) atoms. The van der Waals surface area contributed by atoms with Crippen molar-refractivity contribution in [2.45, 2.75) is 563 Å². The Bertz CT molecular complexity index is 3980. The second-order valence-corrected chi connectivity index (χ2v) is 74.5. The summed E-state index contributed by atoms with van der Waals surface area (Å²) in [6.07, 6.45) is 68.3. The number of hydrogen-bond acceptors (Lipinski definition) is 10. The largest absolute Gasteiger partial charge is 1.00 e. The SMILES string of the molecule is C1CCOC1.C=C1[C@H](O)CC(=C/C=C2\CCC[C@]3(C)C(CCC)CC[C@@H]23)C[C@H]1O.C=C1[C@H](O[Si](C)(C)C(C)(C)C)CC(=C/C=C2\CCC[C@]3(C)C(CCC)CC[C@@H]23)C[C@H]1O[Si](C)(C)C(C)(C)C.C=CC=C1C[C@@H](O[Si](C)(C)C(C)(C)C)C(=C)[C@H](O[Si](C)(C)C(C)(C)C)C1.CCC=C1CC[C@H]2[C@@H](O)CCC[C@]12C.CCCC1CC[C@H]2C(=O)CCC[C@]12C.CCCC1CC[C@H]2[C@@H](O)CCC[C@]12C.CPC.[CH2-]CCC.[HH].[Li+]. The minimum Gasteiger partial charge on any atom is -0.410 e. The van der Waals surface area contributed by atoms with Gasteiger partial charge in [-0.05, 0) is 382 Å². The summed E-state index contributed by atoms with van der Waals surface area (Å²) in [6, 6.07) is 0. The minimum absolute atomic E-state index is 0. The van der Waals surface area contributed by atoms with Crippen LogP contribution in [0.2, 0.25) is 72.5 Å². The van der Waals surface area contributed by atoms with Gasteiger partial charge in [0.25, 0.3) is 0 Å². The maximum absolute atomic E-state index is 11.8. The number of ether oxygens (including phenoxy) is 1. The van der Waals surface area contributed by atoms with Crippen molar-refractivity contribution in [2.24, 2.45) is 80.3 Å². The summed E-state index contributed by atoms with van der Waals surface area (Å²) in [4.78, 5) is 11.8. The van der Waals surface area contributed by atoms with Gasteiger partial charge in [-0.3, -0.25) is 4.79 Å². The van der Waals surface area contributed by atoms with Crippen LogP contribution in [0.25, 0.3) is 0 Å². The summed E-state index contributed by atoms with van der Waals surface area (Å²) < 4.78 is 32.6. The number of hydrogen-bond donors (Lipinski definition) is 4. The van der Waals surface area contributed by atoms with Gasteiger partial charge in [-0.25, -0.2) is 0 Å². The van der Waals surface area contributed by atoms with Crippen molar-refractivity contribution < 1.29 is 67.9 Å². The number of carbonyl (C=O) groups is 1. The van der Waals surface area contributed by atoms with E-state index in [1.165, 1.54) is 222 Å². The average molecular weight is 2070 g/mol. The van der Waals surface area contributed by atoms with Gasteiger partial charge in [0.2, 0.25) is 0 Å². The Morgan fingerprint density at radius 2 is 0.734 bits per heavy atom. The molecule has 0 amide bonds. The zero-order chi connectivity index (χ0) is 107. The molecular formula is C127H232LiO10PSi4. The molecule has 822 valence electrons. The number of ketones is 1. The van der Waals surface area contributed by atoms with Gasteiger partial charge >= 0.3 is 18.9 Å². The van der Waals surface area contributed by atoms with Crippen LogP contribution in [-0.2, 0) is 27.2 Å². The molecule has 13 aliphatic carbocycles. The quantitative estimate of drug-likeness (QED) is 0.0379. The number of allylic oxidation sites excluding steroid dienone is 10. The van der Waals surface area contributed by atoms with Crippen LogP contribution in [-0.4, -0.2) is 135 Å². The predicted molar refractivity (Wildman–Crippen MR) is 631 cm³/mol. The first-order valence-corrected chi connectivity index (χ1v) is 72.5. The summed E-state index contributed by atoms with van der Waals surface area (Å²) >= 11 is 0. The fraction of sp³-hybridized carbons (Fsp3) is 0.827. The number of unbranched alkanes of at least 4 members (excludes halogenated alkanes) is 1. The van der Waals surface area contributed by atoms with E-state index in [1.54, 1.807) is 16.7 Å². The van der Waals surface area contributed by atoms with E-state index in [-0.39, 0.29) is 77.1 Å². The van der Waals surface area contributed by atoms with E-state index in [4.69, 9.17) is 22.4 Å². The van der Waals surface area contributed by atoms with Gasteiger partial charge in [-0.15, -0.1) is 8.58 Å². The van der Waals surface area contributed by atoms with Crippen LogP contribution in [0.3, 0.4) is 0 Å². The standard InChI is InChI=1S/C34H62O2Si2.C22H42O2Si2.C22H34O2.C13H24O.2C13H22O.C4H8O.C4H9.C2H7P.Li.H2/c1-14-16-28-20-21-29-27(17-15-22-34(28,29)9)19-18-26-23-30(35-37(10,11)32(3,4)5)25(2)31(24-26)36-38(12,13)33(6,7)8;1-13-14-18-15-19(23-25(9,10)21(3,4)5)17(2)20(16-18)24-26(11,12)22(6,7)8;1-4-6-18-10-11-19-17(7-5-12-22(18,19)3)9-8-16-13-20(23)15(2)21(24)14-16;3*1-3-5-10-7-8-11-12(14)6-4-9-13(10,11)2;1-2-4-5-3-1;1-3-4-2;1-3-2;;/h18-19,28-31H,2,14-17,20-24H2,1,3-13H3;13-14,19-20H,1-2,15-16H2,3-12H3;8-9,18-21,23-24H,2,4-7,10-14H2,1,3H3;10-12,14H,3-9H2,1-2H3;10-11H,3-9H2,1-2H3;5,11-12,14H,3-4,6-9H2,1-2H3;1-4H2;1,3-4H2,2H3;3H,1-2H3;;1H/q;;;;;;;-1;;+1;/b27-19+;;17-9+;;;;;;;;/t28?,29-,30+,31+,34+;19-,20-;18?,19-,20+,21+,22+;10?,11-,12-,13+;10?,11-,13+;11-,12-,13+;;;;;/m010000...../s1. The molecule has 1 saturated heterocycles. The molecule has 0 aromatic carbocycles. The molecule has 22 atom stereocenters. The Morgan fingerprint density at radius 3 is 1.08 bits per heavy atom. The predicted octanol–water partition coefficient (Wildman–Crippen LogP) is 34.0. The fourth-order valence-corrected chi connectivity index (χ4v) is 32.3. The van der Waals surface area contributed by atoms with Crippen molar-refractivity contribution in [3.05, 3.63) is 126 Å². The second-order valence-electron chi connectivity index (χ2n) is 54.5. The van der Waals surface area contributed by atoms with Crippen molar-refractivity contribution in [1.82, 2.24) is 0 Å². The molecule has 14 fully saturated rings. The van der Waals surface area contributed by atoms with E-state index >= 15 is 0 Å². The minimum atomic E-state index is -1.93. The van der Waals surface area contributed by atoms with Crippen molar-refractivity contribution in [3.63, 3.8) is 0 Å². The molecular weight excluding hydrogens is 1840 g/mol. The summed E-state index contributed by atoms with van der Waals surface area (Å²) in [5.41, 5.74) is 14.1. The second kappa shape index (κ2) is 58.4. The molecule has 4 unspecified atom stereocenters. The van der Waals surface area contributed by atoms with E-state index in [1.807, 2.05) is 6.08 Å². The van der Waals surface area contributed by atoms with Gasteiger partial charge in [0.15, 0.2) is 33.3 Å². The first-order chi connectivity index (χ1) is 66.2. The number of Topliss-reactive ketones (excluding diaryl/α,β-unsaturated/α-hetero) is 1. The molecule has 1 aliphatic heterocycles. The molecule has 0 bridgehead atoms. The van der Waals surface area contributed by atoms with Gasteiger partial charge < -0.3 is 49.8 Å². The zero-order valence-corrected chi connectivity index (χ0v) is 105.